The van der Waals surface area contributed by atoms with Crippen LogP contribution in [-0.4, -0.2) is 40.0 Å². The van der Waals surface area contributed by atoms with Crippen molar-refractivity contribution >= 4 is 0 Å². The molecule has 0 aliphatic heterocycles. The summed E-state index contributed by atoms with van der Waals surface area (Å²) in [4.78, 5) is 0. The van der Waals surface area contributed by atoms with Crippen molar-refractivity contribution in [3.05, 3.63) is 0 Å². The van der Waals surface area contributed by atoms with Crippen LogP contribution < -0.4 is 5.32 Å². The Bertz CT molecular complexity index is 79.8. The SMILES string of the molecule is CCCCOCCOCCNC.[2HH].[2H][2H]. The number of likely N-dealkylation sites (N-methyl/N-ethyl adjacent to an activating group) is 1. The molecule has 3 heteroatoms. The molecule has 0 saturated carbocycles. The van der Waals surface area contributed by atoms with Crippen LogP contribution in [0.4, 0.5) is 0 Å². The van der Waals surface area contributed by atoms with Gasteiger partial charge >= 0.3 is 0 Å². The molecule has 3 nitrogen and oxygen atoms in total. The fraction of sp³-hybridized carbons (Fsp3) is 1.00. The molecular weight excluding hydrogens is 154 g/mol. The van der Waals surface area contributed by atoms with Gasteiger partial charge < -0.3 is 14.8 Å². The Morgan fingerprint density at radius 1 is 1.17 bits per heavy atom. The van der Waals surface area contributed by atoms with Crippen LogP contribution in [0.25, 0.3) is 0 Å². The van der Waals surface area contributed by atoms with Crippen molar-refractivity contribution in [1.82, 2.24) is 5.32 Å². The van der Waals surface area contributed by atoms with Crippen molar-refractivity contribution in [3.8, 4) is 0 Å². The Morgan fingerprint density at radius 2 is 1.83 bits per heavy atom. The van der Waals surface area contributed by atoms with Crippen molar-refractivity contribution in [3.63, 3.8) is 0 Å². The fourth-order valence-electron chi connectivity index (χ4n) is 0.743. The lowest BCUT2D eigenvalue weighted by atomic mass is 10.4. The number of nitrogens with one attached hydrogen (secondary N) is 1. The highest BCUT2D eigenvalue weighted by Gasteiger charge is 1.88. The summed E-state index contributed by atoms with van der Waals surface area (Å²) in [5.41, 5.74) is 0. The van der Waals surface area contributed by atoms with E-state index in [1.165, 1.54) is 6.42 Å². The highest BCUT2D eigenvalue weighted by molar-refractivity contribution is 4.37. The standard InChI is InChI=1S/C9H21NO2.2H2/c1-3-4-6-11-8-9-12-7-5-10-2;;/h10H,3-9H2,1-2H3;2*1H/i;1+1D;1+1. The minimum Gasteiger partial charge on any atom is -0.379 e. The number of ether oxygens (including phenoxy) is 2. The van der Waals surface area contributed by atoms with Crippen LogP contribution in [0.5, 0.6) is 0 Å². The molecule has 0 atom stereocenters. The van der Waals surface area contributed by atoms with Gasteiger partial charge in [0.2, 0.25) is 0 Å². The first-order valence-corrected chi connectivity index (χ1v) is 4.72. The van der Waals surface area contributed by atoms with Gasteiger partial charge in [0.1, 0.15) is 0 Å². The van der Waals surface area contributed by atoms with E-state index in [0.717, 1.165) is 32.8 Å². The maximum atomic E-state index is 5.31. The smallest absolute Gasteiger partial charge is 0.0701 e. The average molecular weight is 182 g/mol. The normalized spacial score (nSPS) is 11.2. The van der Waals surface area contributed by atoms with Crippen LogP contribution in [0.1, 0.15) is 24.2 Å². The summed E-state index contributed by atoms with van der Waals surface area (Å²) in [6.07, 6.45) is 2.34. The van der Waals surface area contributed by atoms with E-state index < -0.39 is 0 Å². The summed E-state index contributed by atoms with van der Waals surface area (Å²) in [5.74, 6) is 0. The van der Waals surface area contributed by atoms with Crippen LogP contribution in [-0.2, 0) is 9.47 Å². The summed E-state index contributed by atoms with van der Waals surface area (Å²) >= 11 is 0. The minimum atomic E-state index is 0. The molecule has 12 heavy (non-hydrogen) atoms. The summed E-state index contributed by atoms with van der Waals surface area (Å²) in [7, 11) is 1.92. The molecule has 0 bridgehead atoms. The molecular formula is C9H25NO2. The predicted molar refractivity (Wildman–Crippen MR) is 54.7 cm³/mol. The van der Waals surface area contributed by atoms with E-state index >= 15 is 0 Å². The molecule has 0 spiro atoms. The zero-order chi connectivity index (χ0) is 11.1. The molecule has 0 rings (SSSR count). The lowest BCUT2D eigenvalue weighted by molar-refractivity contribution is 0.0482. The molecule has 0 saturated heterocycles. The van der Waals surface area contributed by atoms with Gasteiger partial charge in [-0.1, -0.05) is 13.3 Å². The molecule has 0 radical (unpaired) electrons. The summed E-state index contributed by atoms with van der Waals surface area (Å²) in [6, 6.07) is 0. The van der Waals surface area contributed by atoms with E-state index in [1.807, 2.05) is 7.05 Å². The first-order chi connectivity index (χ1) is 6.91. The highest BCUT2D eigenvalue weighted by Crippen LogP contribution is 1.87. The van der Waals surface area contributed by atoms with Crippen molar-refractivity contribution < 1.29 is 13.9 Å². The Hall–Kier alpha value is -0.120. The summed E-state index contributed by atoms with van der Waals surface area (Å²) in [6.45, 7) is 6.15. The van der Waals surface area contributed by atoms with E-state index in [9.17, 15) is 0 Å². The van der Waals surface area contributed by atoms with Gasteiger partial charge in [-0.25, -0.2) is 0 Å². The third kappa shape index (κ3) is 9.88. The van der Waals surface area contributed by atoms with Gasteiger partial charge in [0.05, 0.1) is 19.8 Å². The molecule has 78 valence electrons. The van der Waals surface area contributed by atoms with Crippen molar-refractivity contribution in [1.29, 1.82) is 0 Å². The van der Waals surface area contributed by atoms with Crippen LogP contribution in [0, 0.1) is 0 Å². The molecule has 0 aromatic heterocycles. The van der Waals surface area contributed by atoms with Crippen molar-refractivity contribution in [2.75, 3.05) is 40.0 Å². The van der Waals surface area contributed by atoms with E-state index in [4.69, 9.17) is 12.4 Å². The van der Waals surface area contributed by atoms with Gasteiger partial charge in [0.15, 0.2) is 0 Å². The van der Waals surface area contributed by atoms with Crippen LogP contribution >= 0.6 is 0 Å². The van der Waals surface area contributed by atoms with Crippen LogP contribution in [0.15, 0.2) is 0 Å². The third-order valence-electron chi connectivity index (χ3n) is 1.51. The third-order valence-corrected chi connectivity index (χ3v) is 1.51. The average Bonchev–Trinajstić information content (AvgIpc) is 2.25. The van der Waals surface area contributed by atoms with Crippen LogP contribution in [0.2, 0.25) is 0 Å². The van der Waals surface area contributed by atoms with Gasteiger partial charge in [-0.05, 0) is 13.5 Å². The minimum absolute atomic E-state index is 0. The second kappa shape index (κ2) is 10.9. The topological polar surface area (TPSA) is 30.5 Å². The molecule has 0 fully saturated rings. The lowest BCUT2D eigenvalue weighted by Crippen LogP contribution is -2.16. The lowest BCUT2D eigenvalue weighted by Gasteiger charge is -2.04. The Balaban J connectivity index is -0.000000449. The quantitative estimate of drug-likeness (QED) is 0.549. The number of hydrogen-bond acceptors (Lipinski definition) is 3. The Morgan fingerprint density at radius 3 is 2.42 bits per heavy atom. The molecule has 0 aliphatic carbocycles. The molecule has 0 amide bonds. The van der Waals surface area contributed by atoms with Gasteiger partial charge in [-0.3, -0.25) is 0 Å². The first kappa shape index (κ1) is 9.96. The van der Waals surface area contributed by atoms with E-state index in [1.54, 1.807) is 0 Å². The maximum absolute atomic E-state index is 5.31. The molecule has 1 N–H and O–H groups in total. The summed E-state index contributed by atoms with van der Waals surface area (Å²) in [5, 5.41) is 3.01. The van der Waals surface area contributed by atoms with Crippen LogP contribution in [0.3, 0.4) is 0 Å². The number of rotatable bonds is 9. The Kier molecular flexibility index (Phi) is 9.03. The Labute approximate surface area is 80.0 Å². The van der Waals surface area contributed by atoms with Crippen molar-refractivity contribution in [2.24, 2.45) is 0 Å². The van der Waals surface area contributed by atoms with Crippen molar-refractivity contribution in [2.45, 2.75) is 19.8 Å². The highest BCUT2D eigenvalue weighted by atomic mass is 16.5. The van der Waals surface area contributed by atoms with Gasteiger partial charge in [-0.15, -0.1) is 0 Å². The molecule has 0 heterocycles. The second-order valence-corrected chi connectivity index (χ2v) is 2.68. The largest absolute Gasteiger partial charge is 0.379 e. The van der Waals surface area contributed by atoms with Gasteiger partial charge in [0, 0.05) is 17.5 Å². The molecule has 0 unspecified atom stereocenters. The first-order valence-electron chi connectivity index (χ1n) is 5.72. The fourth-order valence-corrected chi connectivity index (χ4v) is 0.743. The van der Waals surface area contributed by atoms with E-state index in [-0.39, 0.29) is 1.43 Å². The zero-order valence-electron chi connectivity index (χ0n) is 10.3. The second-order valence-electron chi connectivity index (χ2n) is 2.68. The molecule has 0 aromatic carbocycles. The van der Waals surface area contributed by atoms with Gasteiger partial charge in [-0.2, -0.15) is 0 Å². The molecule has 0 aromatic rings. The monoisotopic (exact) mass is 182 g/mol. The predicted octanol–water partition coefficient (Wildman–Crippen LogP) is 1.53. The van der Waals surface area contributed by atoms with Gasteiger partial charge in [0.25, 0.3) is 0 Å². The van der Waals surface area contributed by atoms with E-state index in [2.05, 4.69) is 12.2 Å². The zero-order valence-corrected chi connectivity index (χ0v) is 8.27. The van der Waals surface area contributed by atoms with E-state index in [0.29, 0.717) is 6.61 Å². The maximum Gasteiger partial charge on any atom is 0.0701 e. The molecule has 0 aliphatic rings. The number of unbranched alkanes of at least 4 members (excludes halogenated alkanes) is 1. The number of hydrogen-bond donors (Lipinski definition) is 1. The summed E-state index contributed by atoms with van der Waals surface area (Å²) < 4.78 is 20.6.